The number of rotatable bonds is 1. The molecule has 72 valence electrons. The van der Waals surface area contributed by atoms with Crippen LogP contribution in [0.1, 0.15) is 10.4 Å². The zero-order chi connectivity index (χ0) is 10.1. The van der Waals surface area contributed by atoms with E-state index in [4.69, 9.17) is 0 Å². The normalized spacial score (nSPS) is 10.5. The summed E-state index contributed by atoms with van der Waals surface area (Å²) < 4.78 is 13.2. The van der Waals surface area contributed by atoms with Crippen LogP contribution in [0.2, 0.25) is 0 Å². The Morgan fingerprint density at radius 1 is 1.29 bits per heavy atom. The van der Waals surface area contributed by atoms with Gasteiger partial charge in [-0.25, -0.2) is 9.37 Å². The van der Waals surface area contributed by atoms with Crippen LogP contribution >= 0.6 is 11.3 Å². The minimum absolute atomic E-state index is 0.171. The molecule has 0 saturated carbocycles. The van der Waals surface area contributed by atoms with Crippen molar-refractivity contribution >= 4 is 11.3 Å². The first-order chi connectivity index (χ1) is 6.66. The Hall–Kier alpha value is -1.22. The van der Waals surface area contributed by atoms with E-state index in [0.717, 1.165) is 15.4 Å². The average molecular weight is 207 g/mol. The highest BCUT2D eigenvalue weighted by atomic mass is 32.1. The van der Waals surface area contributed by atoms with E-state index in [1.54, 1.807) is 30.5 Å². The van der Waals surface area contributed by atoms with E-state index in [9.17, 15) is 4.39 Å². The van der Waals surface area contributed by atoms with Crippen LogP contribution in [-0.4, -0.2) is 4.98 Å². The molecule has 2 aromatic rings. The number of hydrogen-bond donors (Lipinski definition) is 0. The van der Waals surface area contributed by atoms with Crippen LogP contribution in [0.15, 0.2) is 24.4 Å². The Bertz CT molecular complexity index is 462. The molecule has 1 heterocycles. The standard InChI is InChI=1S/C11H10FNS/c1-7-3-4-9(5-10(7)12)11-13-6-8(2)14-11/h3-6H,1-2H3. The van der Waals surface area contributed by atoms with E-state index in [0.29, 0.717) is 5.56 Å². The van der Waals surface area contributed by atoms with Crippen LogP contribution in [0.3, 0.4) is 0 Å². The first kappa shape index (κ1) is 9.34. The van der Waals surface area contributed by atoms with Crippen molar-refractivity contribution in [1.29, 1.82) is 0 Å². The highest BCUT2D eigenvalue weighted by molar-refractivity contribution is 7.14. The summed E-state index contributed by atoms with van der Waals surface area (Å²) in [6, 6.07) is 5.21. The second-order valence-electron chi connectivity index (χ2n) is 3.24. The van der Waals surface area contributed by atoms with Gasteiger partial charge in [0.25, 0.3) is 0 Å². The van der Waals surface area contributed by atoms with Crippen molar-refractivity contribution in [3.63, 3.8) is 0 Å². The van der Waals surface area contributed by atoms with Crippen LogP contribution in [0, 0.1) is 19.7 Å². The molecule has 0 amide bonds. The summed E-state index contributed by atoms with van der Waals surface area (Å²) in [5.74, 6) is -0.171. The predicted molar refractivity (Wildman–Crippen MR) is 57.0 cm³/mol. The summed E-state index contributed by atoms with van der Waals surface area (Å²) in [4.78, 5) is 5.35. The van der Waals surface area contributed by atoms with Gasteiger partial charge in [0.05, 0.1) is 0 Å². The molecule has 14 heavy (non-hydrogen) atoms. The molecule has 1 aromatic carbocycles. The van der Waals surface area contributed by atoms with Crippen molar-refractivity contribution in [3.8, 4) is 10.6 Å². The fourth-order valence-electron chi connectivity index (χ4n) is 1.21. The van der Waals surface area contributed by atoms with Crippen molar-refractivity contribution < 1.29 is 4.39 Å². The van der Waals surface area contributed by atoms with Crippen LogP contribution in [-0.2, 0) is 0 Å². The third kappa shape index (κ3) is 1.68. The van der Waals surface area contributed by atoms with Gasteiger partial charge in [-0.1, -0.05) is 12.1 Å². The lowest BCUT2D eigenvalue weighted by atomic mass is 10.1. The van der Waals surface area contributed by atoms with Gasteiger partial charge in [0.1, 0.15) is 10.8 Å². The number of benzene rings is 1. The highest BCUT2D eigenvalue weighted by Gasteiger charge is 2.04. The minimum Gasteiger partial charge on any atom is -0.244 e. The molecule has 0 aliphatic carbocycles. The van der Waals surface area contributed by atoms with E-state index in [1.807, 2.05) is 13.0 Å². The summed E-state index contributed by atoms with van der Waals surface area (Å²) in [5, 5.41) is 0.876. The van der Waals surface area contributed by atoms with E-state index in [2.05, 4.69) is 4.98 Å². The van der Waals surface area contributed by atoms with E-state index in [1.165, 1.54) is 6.07 Å². The van der Waals surface area contributed by atoms with Gasteiger partial charge in [-0.2, -0.15) is 0 Å². The van der Waals surface area contributed by atoms with Gasteiger partial charge in [-0.05, 0) is 25.5 Å². The van der Waals surface area contributed by atoms with Crippen LogP contribution < -0.4 is 0 Å². The van der Waals surface area contributed by atoms with Gasteiger partial charge in [0.2, 0.25) is 0 Å². The molecule has 0 fully saturated rings. The SMILES string of the molecule is Cc1cnc(-c2ccc(C)c(F)c2)s1. The monoisotopic (exact) mass is 207 g/mol. The third-order valence-electron chi connectivity index (χ3n) is 2.04. The number of hydrogen-bond acceptors (Lipinski definition) is 2. The Morgan fingerprint density at radius 3 is 2.64 bits per heavy atom. The van der Waals surface area contributed by atoms with Crippen molar-refractivity contribution in [3.05, 3.63) is 40.7 Å². The predicted octanol–water partition coefficient (Wildman–Crippen LogP) is 3.57. The summed E-state index contributed by atoms with van der Waals surface area (Å²) in [5.41, 5.74) is 1.52. The fraction of sp³-hybridized carbons (Fsp3) is 0.182. The van der Waals surface area contributed by atoms with Gasteiger partial charge in [0.15, 0.2) is 0 Å². The number of aromatic nitrogens is 1. The Morgan fingerprint density at radius 2 is 2.07 bits per heavy atom. The average Bonchev–Trinajstić information content (AvgIpc) is 2.57. The van der Waals surface area contributed by atoms with Crippen LogP contribution in [0.5, 0.6) is 0 Å². The second-order valence-corrected chi connectivity index (χ2v) is 4.47. The highest BCUT2D eigenvalue weighted by Crippen LogP contribution is 2.25. The van der Waals surface area contributed by atoms with Crippen molar-refractivity contribution in [2.75, 3.05) is 0 Å². The summed E-state index contributed by atoms with van der Waals surface area (Å²) in [6.45, 7) is 3.75. The molecule has 0 N–H and O–H groups in total. The van der Waals surface area contributed by atoms with Gasteiger partial charge in [0, 0.05) is 16.6 Å². The van der Waals surface area contributed by atoms with Crippen LogP contribution in [0.25, 0.3) is 10.6 Å². The zero-order valence-corrected chi connectivity index (χ0v) is 8.86. The molecule has 0 unspecified atom stereocenters. The minimum atomic E-state index is -0.171. The zero-order valence-electron chi connectivity index (χ0n) is 8.04. The number of aryl methyl sites for hydroxylation is 2. The van der Waals surface area contributed by atoms with Crippen molar-refractivity contribution in [1.82, 2.24) is 4.98 Å². The Kier molecular flexibility index (Phi) is 2.33. The molecule has 0 radical (unpaired) electrons. The molecule has 0 aliphatic rings. The Labute approximate surface area is 86.2 Å². The topological polar surface area (TPSA) is 12.9 Å². The van der Waals surface area contributed by atoms with Gasteiger partial charge in [-0.3, -0.25) is 0 Å². The number of nitrogens with zero attached hydrogens (tertiary/aromatic N) is 1. The Balaban J connectivity index is 2.47. The molecule has 3 heteroatoms. The lowest BCUT2D eigenvalue weighted by molar-refractivity contribution is 0.619. The third-order valence-corrected chi connectivity index (χ3v) is 3.00. The summed E-state index contributed by atoms with van der Waals surface area (Å²) in [6.07, 6.45) is 1.80. The molecule has 0 atom stereocenters. The fourth-order valence-corrected chi connectivity index (χ4v) is 1.97. The van der Waals surface area contributed by atoms with Gasteiger partial charge >= 0.3 is 0 Å². The summed E-state index contributed by atoms with van der Waals surface area (Å²) in [7, 11) is 0. The van der Waals surface area contributed by atoms with Gasteiger partial charge < -0.3 is 0 Å². The summed E-state index contributed by atoms with van der Waals surface area (Å²) >= 11 is 1.58. The molecule has 0 saturated heterocycles. The molecule has 0 spiro atoms. The maximum Gasteiger partial charge on any atom is 0.126 e. The largest absolute Gasteiger partial charge is 0.244 e. The van der Waals surface area contributed by atoms with Crippen LogP contribution in [0.4, 0.5) is 4.39 Å². The van der Waals surface area contributed by atoms with Crippen molar-refractivity contribution in [2.45, 2.75) is 13.8 Å². The molecule has 0 aliphatic heterocycles. The molecule has 1 aromatic heterocycles. The second kappa shape index (κ2) is 3.50. The number of halogens is 1. The maximum absolute atomic E-state index is 13.2. The number of thiazole rings is 1. The van der Waals surface area contributed by atoms with E-state index < -0.39 is 0 Å². The molecule has 1 nitrogen and oxygen atoms in total. The van der Waals surface area contributed by atoms with Crippen molar-refractivity contribution in [2.24, 2.45) is 0 Å². The maximum atomic E-state index is 13.2. The van der Waals surface area contributed by atoms with E-state index >= 15 is 0 Å². The molecular formula is C11H10FNS. The van der Waals surface area contributed by atoms with E-state index in [-0.39, 0.29) is 5.82 Å². The first-order valence-electron chi connectivity index (χ1n) is 4.36. The molecule has 2 rings (SSSR count). The molecule has 0 bridgehead atoms. The first-order valence-corrected chi connectivity index (χ1v) is 5.17. The lowest BCUT2D eigenvalue weighted by Crippen LogP contribution is -1.83. The lowest BCUT2D eigenvalue weighted by Gasteiger charge is -1.98. The quantitative estimate of drug-likeness (QED) is 0.696. The van der Waals surface area contributed by atoms with Gasteiger partial charge in [-0.15, -0.1) is 11.3 Å². The molecular weight excluding hydrogens is 197 g/mol. The smallest absolute Gasteiger partial charge is 0.126 e.